The molecule has 1 atom stereocenters. The summed E-state index contributed by atoms with van der Waals surface area (Å²) in [6, 6.07) is 6.58. The first-order valence-corrected chi connectivity index (χ1v) is 6.45. The maximum Gasteiger partial charge on any atom is 0.224 e. The summed E-state index contributed by atoms with van der Waals surface area (Å²) in [5.41, 5.74) is 0.534. The average Bonchev–Trinajstić information content (AvgIpc) is 2.42. The Balaban J connectivity index is 1.87. The van der Waals surface area contributed by atoms with Crippen LogP contribution in [0.2, 0.25) is 0 Å². The SMILES string of the molecule is CN(Cc1ccccc1F)C(=O)CC1COCCN1. The highest BCUT2D eigenvalue weighted by Gasteiger charge is 2.19. The number of amides is 1. The molecule has 0 bridgehead atoms. The van der Waals surface area contributed by atoms with E-state index in [0.29, 0.717) is 31.7 Å². The number of nitrogens with zero attached hydrogens (tertiary/aromatic N) is 1. The Morgan fingerprint density at radius 3 is 3.00 bits per heavy atom. The Hall–Kier alpha value is -1.46. The van der Waals surface area contributed by atoms with E-state index in [-0.39, 0.29) is 17.8 Å². The van der Waals surface area contributed by atoms with E-state index in [1.54, 1.807) is 30.1 Å². The van der Waals surface area contributed by atoms with Gasteiger partial charge in [0.2, 0.25) is 5.91 Å². The lowest BCUT2D eigenvalue weighted by atomic mass is 10.1. The van der Waals surface area contributed by atoms with Gasteiger partial charge >= 0.3 is 0 Å². The Labute approximate surface area is 112 Å². The zero-order valence-electron chi connectivity index (χ0n) is 11.1. The van der Waals surface area contributed by atoms with Crippen molar-refractivity contribution in [2.45, 2.75) is 19.0 Å². The molecule has 0 aliphatic carbocycles. The van der Waals surface area contributed by atoms with E-state index < -0.39 is 0 Å². The molecule has 1 aliphatic rings. The third-order valence-corrected chi connectivity index (χ3v) is 3.21. The van der Waals surface area contributed by atoms with Gasteiger partial charge in [-0.15, -0.1) is 0 Å². The maximum atomic E-state index is 13.5. The van der Waals surface area contributed by atoms with Crippen LogP contribution in [-0.2, 0) is 16.1 Å². The number of carbonyl (C=O) groups is 1. The average molecular weight is 266 g/mol. The predicted molar refractivity (Wildman–Crippen MR) is 70.1 cm³/mol. The van der Waals surface area contributed by atoms with Gasteiger partial charge in [0.1, 0.15) is 5.82 Å². The fourth-order valence-corrected chi connectivity index (χ4v) is 2.09. The summed E-state index contributed by atoms with van der Waals surface area (Å²) < 4.78 is 18.8. The lowest BCUT2D eigenvalue weighted by Crippen LogP contribution is -2.44. The Kier molecular flexibility index (Phi) is 4.87. The van der Waals surface area contributed by atoms with Gasteiger partial charge in [-0.05, 0) is 6.07 Å². The maximum absolute atomic E-state index is 13.5. The first-order chi connectivity index (χ1) is 9.16. The van der Waals surface area contributed by atoms with Crippen LogP contribution in [0.1, 0.15) is 12.0 Å². The van der Waals surface area contributed by atoms with Crippen molar-refractivity contribution in [3.63, 3.8) is 0 Å². The first kappa shape index (κ1) is 14.0. The third kappa shape index (κ3) is 4.01. The largest absolute Gasteiger partial charge is 0.378 e. The number of hydrogen-bond acceptors (Lipinski definition) is 3. The van der Waals surface area contributed by atoms with Gasteiger partial charge < -0.3 is 15.0 Å². The number of carbonyl (C=O) groups excluding carboxylic acids is 1. The molecule has 1 aromatic carbocycles. The molecule has 4 nitrogen and oxygen atoms in total. The highest BCUT2D eigenvalue weighted by atomic mass is 19.1. The Bertz CT molecular complexity index is 433. The number of rotatable bonds is 4. The molecule has 0 saturated carbocycles. The van der Waals surface area contributed by atoms with E-state index in [1.807, 2.05) is 0 Å². The number of ether oxygens (including phenoxy) is 1. The molecular weight excluding hydrogens is 247 g/mol. The molecule has 1 aliphatic heterocycles. The van der Waals surface area contributed by atoms with Crippen LogP contribution in [-0.4, -0.2) is 43.7 Å². The summed E-state index contributed by atoms with van der Waals surface area (Å²) in [6.45, 7) is 2.31. The van der Waals surface area contributed by atoms with Crippen LogP contribution >= 0.6 is 0 Å². The van der Waals surface area contributed by atoms with Crippen LogP contribution in [0.15, 0.2) is 24.3 Å². The summed E-state index contributed by atoms with van der Waals surface area (Å²) in [5.74, 6) is -0.285. The van der Waals surface area contributed by atoms with Crippen molar-refractivity contribution in [2.24, 2.45) is 0 Å². The summed E-state index contributed by atoms with van der Waals surface area (Å²) in [4.78, 5) is 13.6. The highest BCUT2D eigenvalue weighted by molar-refractivity contribution is 5.76. The van der Waals surface area contributed by atoms with Crippen molar-refractivity contribution >= 4 is 5.91 Å². The second-order valence-electron chi connectivity index (χ2n) is 4.77. The number of halogens is 1. The third-order valence-electron chi connectivity index (χ3n) is 3.21. The van der Waals surface area contributed by atoms with Crippen molar-refractivity contribution in [2.75, 3.05) is 26.8 Å². The van der Waals surface area contributed by atoms with Crippen LogP contribution in [0, 0.1) is 5.82 Å². The Morgan fingerprint density at radius 2 is 2.32 bits per heavy atom. The minimum atomic E-state index is -0.277. The van der Waals surface area contributed by atoms with E-state index in [2.05, 4.69) is 5.32 Å². The van der Waals surface area contributed by atoms with Gasteiger partial charge in [0.05, 0.1) is 13.2 Å². The molecule has 1 amide bonds. The molecular formula is C14H19FN2O2. The van der Waals surface area contributed by atoms with Gasteiger partial charge in [0.15, 0.2) is 0 Å². The number of hydrogen-bond donors (Lipinski definition) is 1. The standard InChI is InChI=1S/C14H19FN2O2/c1-17(9-11-4-2-3-5-13(11)15)14(18)8-12-10-19-7-6-16-12/h2-5,12,16H,6-10H2,1H3. The zero-order chi connectivity index (χ0) is 13.7. The molecule has 0 aromatic heterocycles. The lowest BCUT2D eigenvalue weighted by Gasteiger charge is -2.25. The minimum absolute atomic E-state index is 0.00810. The molecule has 19 heavy (non-hydrogen) atoms. The van der Waals surface area contributed by atoms with Crippen molar-refractivity contribution in [1.82, 2.24) is 10.2 Å². The molecule has 0 spiro atoms. The van der Waals surface area contributed by atoms with Crippen molar-refractivity contribution in [3.05, 3.63) is 35.6 Å². The minimum Gasteiger partial charge on any atom is -0.378 e. The molecule has 104 valence electrons. The smallest absolute Gasteiger partial charge is 0.224 e. The summed E-state index contributed by atoms with van der Waals surface area (Å²) >= 11 is 0. The first-order valence-electron chi connectivity index (χ1n) is 6.45. The van der Waals surface area contributed by atoms with E-state index in [4.69, 9.17) is 4.74 Å². The number of nitrogens with one attached hydrogen (secondary N) is 1. The van der Waals surface area contributed by atoms with Crippen molar-refractivity contribution < 1.29 is 13.9 Å². The van der Waals surface area contributed by atoms with Crippen molar-refractivity contribution in [3.8, 4) is 0 Å². The Morgan fingerprint density at radius 1 is 1.53 bits per heavy atom. The fourth-order valence-electron chi connectivity index (χ4n) is 2.09. The van der Waals surface area contributed by atoms with E-state index in [1.165, 1.54) is 6.07 Å². The van der Waals surface area contributed by atoms with Crippen molar-refractivity contribution in [1.29, 1.82) is 0 Å². The van der Waals surface area contributed by atoms with Gasteiger partial charge in [-0.3, -0.25) is 4.79 Å². The van der Waals surface area contributed by atoms with Gasteiger partial charge in [-0.2, -0.15) is 0 Å². The quantitative estimate of drug-likeness (QED) is 0.889. The van der Waals surface area contributed by atoms with Crippen LogP contribution in [0.5, 0.6) is 0 Å². The number of morpholine rings is 1. The normalized spacial score (nSPS) is 19.2. The molecule has 1 aromatic rings. The molecule has 1 unspecified atom stereocenters. The summed E-state index contributed by atoms with van der Waals surface area (Å²) in [6.07, 6.45) is 0.380. The van der Waals surface area contributed by atoms with Crippen LogP contribution in [0.25, 0.3) is 0 Å². The topological polar surface area (TPSA) is 41.6 Å². The number of benzene rings is 1. The van der Waals surface area contributed by atoms with Crippen LogP contribution < -0.4 is 5.32 Å². The van der Waals surface area contributed by atoms with Gasteiger partial charge in [-0.1, -0.05) is 18.2 Å². The van der Waals surface area contributed by atoms with E-state index in [0.717, 1.165) is 6.54 Å². The molecule has 2 rings (SSSR count). The fraction of sp³-hybridized carbons (Fsp3) is 0.500. The van der Waals surface area contributed by atoms with Gasteiger partial charge in [0, 0.05) is 38.2 Å². The molecule has 1 fully saturated rings. The van der Waals surface area contributed by atoms with Crippen LogP contribution in [0.3, 0.4) is 0 Å². The molecule has 1 N–H and O–H groups in total. The zero-order valence-corrected chi connectivity index (χ0v) is 11.1. The summed E-state index contributed by atoms with van der Waals surface area (Å²) in [5, 5.41) is 3.23. The van der Waals surface area contributed by atoms with Gasteiger partial charge in [-0.25, -0.2) is 4.39 Å². The summed E-state index contributed by atoms with van der Waals surface area (Å²) in [7, 11) is 1.69. The van der Waals surface area contributed by atoms with Gasteiger partial charge in [0.25, 0.3) is 0 Å². The van der Waals surface area contributed by atoms with Crippen LogP contribution in [0.4, 0.5) is 4.39 Å². The second-order valence-corrected chi connectivity index (χ2v) is 4.77. The highest BCUT2D eigenvalue weighted by Crippen LogP contribution is 2.10. The van der Waals surface area contributed by atoms with E-state index >= 15 is 0 Å². The monoisotopic (exact) mass is 266 g/mol. The van der Waals surface area contributed by atoms with E-state index in [9.17, 15) is 9.18 Å². The second kappa shape index (κ2) is 6.63. The molecule has 1 heterocycles. The lowest BCUT2D eigenvalue weighted by molar-refractivity contribution is -0.131. The predicted octanol–water partition coefficient (Wildman–Crippen LogP) is 1.16. The molecule has 5 heteroatoms. The molecule has 0 radical (unpaired) electrons. The molecule has 1 saturated heterocycles.